The number of hydrogen-bond acceptors (Lipinski definition) is 8. The van der Waals surface area contributed by atoms with Crippen LogP contribution in [0.15, 0.2) is 33.6 Å². The van der Waals surface area contributed by atoms with Crippen LogP contribution in [0.1, 0.15) is 22.7 Å². The largest absolute Gasteiger partial charge is 0.378 e. The zero-order valence-electron chi connectivity index (χ0n) is 16.8. The van der Waals surface area contributed by atoms with Crippen molar-refractivity contribution in [2.45, 2.75) is 26.3 Å². The number of anilines is 1. The van der Waals surface area contributed by atoms with E-state index in [0.717, 1.165) is 24.2 Å². The molecule has 0 aliphatic carbocycles. The van der Waals surface area contributed by atoms with Gasteiger partial charge >= 0.3 is 0 Å². The van der Waals surface area contributed by atoms with E-state index in [4.69, 9.17) is 15.0 Å². The number of aryl methyl sites for hydroxylation is 2. The quantitative estimate of drug-likeness (QED) is 0.602. The minimum absolute atomic E-state index is 0. The predicted octanol–water partition coefficient (Wildman–Crippen LogP) is 1.63. The van der Waals surface area contributed by atoms with Crippen molar-refractivity contribution in [1.82, 2.24) is 20.1 Å². The highest BCUT2D eigenvalue weighted by atomic mass is 35.5. The Morgan fingerprint density at radius 3 is 2.53 bits per heavy atom. The Balaban J connectivity index is 0.00000256. The molecule has 0 amide bonds. The van der Waals surface area contributed by atoms with Gasteiger partial charge in [0, 0.05) is 42.9 Å². The maximum atomic E-state index is 12.6. The molecule has 0 unspecified atom stereocenters. The Labute approximate surface area is 180 Å². The average molecular weight is 433 g/mol. The molecule has 0 saturated carbocycles. The fourth-order valence-electron chi connectivity index (χ4n) is 3.31. The number of aromatic nitrogens is 4. The first-order valence-electron chi connectivity index (χ1n) is 9.68. The van der Waals surface area contributed by atoms with Gasteiger partial charge in [0.05, 0.1) is 13.2 Å². The molecule has 0 atom stereocenters. The summed E-state index contributed by atoms with van der Waals surface area (Å²) in [5.74, 6) is 1.61. The Morgan fingerprint density at radius 2 is 1.87 bits per heavy atom. The lowest BCUT2D eigenvalue weighted by atomic mass is 10.1. The standard InChI is InChI=1S/C20H24N6O3.ClH/c1-13-16(19(27)24-20(22-13)26-8-10-28-11-9-26)6-7-17-23-18(25-29-17)15-4-2-14(12-21)3-5-15;/h2-5H,6-12,21H2,1H3,(H,22,24,27);1H. The summed E-state index contributed by atoms with van der Waals surface area (Å²) in [6.07, 6.45) is 0.946. The van der Waals surface area contributed by atoms with Crippen LogP contribution in [-0.4, -0.2) is 46.4 Å². The van der Waals surface area contributed by atoms with Crippen molar-refractivity contribution in [2.24, 2.45) is 5.73 Å². The summed E-state index contributed by atoms with van der Waals surface area (Å²) in [7, 11) is 0. The Bertz CT molecular complexity index is 1030. The highest BCUT2D eigenvalue weighted by Gasteiger charge is 2.17. The lowest BCUT2D eigenvalue weighted by molar-refractivity contribution is 0.122. The molecular formula is C20H25ClN6O3. The fourth-order valence-corrected chi connectivity index (χ4v) is 3.31. The molecule has 3 N–H and O–H groups in total. The lowest BCUT2D eigenvalue weighted by Crippen LogP contribution is -2.38. The first-order valence-corrected chi connectivity index (χ1v) is 9.68. The van der Waals surface area contributed by atoms with Gasteiger partial charge in [0.1, 0.15) is 0 Å². The summed E-state index contributed by atoms with van der Waals surface area (Å²) in [4.78, 5) is 26.5. The summed E-state index contributed by atoms with van der Waals surface area (Å²) in [6.45, 7) is 5.06. The number of hydrogen-bond donors (Lipinski definition) is 2. The van der Waals surface area contributed by atoms with Crippen LogP contribution in [0.5, 0.6) is 0 Å². The van der Waals surface area contributed by atoms with Crippen molar-refractivity contribution >= 4 is 18.4 Å². The van der Waals surface area contributed by atoms with E-state index in [1.807, 2.05) is 36.1 Å². The third-order valence-electron chi connectivity index (χ3n) is 5.03. The number of nitrogens with two attached hydrogens (primary N) is 1. The van der Waals surface area contributed by atoms with Gasteiger partial charge < -0.3 is 19.9 Å². The van der Waals surface area contributed by atoms with Crippen LogP contribution in [0.2, 0.25) is 0 Å². The molecule has 1 aromatic carbocycles. The highest BCUT2D eigenvalue weighted by Crippen LogP contribution is 2.17. The summed E-state index contributed by atoms with van der Waals surface area (Å²) in [5.41, 5.74) is 8.75. The monoisotopic (exact) mass is 432 g/mol. The van der Waals surface area contributed by atoms with E-state index in [1.54, 1.807) is 0 Å². The number of aromatic amines is 1. The number of morpholine rings is 1. The normalized spacial score (nSPS) is 13.9. The van der Waals surface area contributed by atoms with Crippen molar-refractivity contribution in [2.75, 3.05) is 31.2 Å². The van der Waals surface area contributed by atoms with Gasteiger partial charge in [-0.3, -0.25) is 9.78 Å². The zero-order valence-corrected chi connectivity index (χ0v) is 17.6. The Hall–Kier alpha value is -2.75. The third-order valence-corrected chi connectivity index (χ3v) is 5.03. The number of nitrogens with zero attached hydrogens (tertiary/aromatic N) is 4. The maximum Gasteiger partial charge on any atom is 0.255 e. The minimum Gasteiger partial charge on any atom is -0.378 e. The number of ether oxygens (including phenoxy) is 1. The predicted molar refractivity (Wildman–Crippen MR) is 115 cm³/mol. The van der Waals surface area contributed by atoms with Crippen LogP contribution >= 0.6 is 12.4 Å². The van der Waals surface area contributed by atoms with Crippen molar-refractivity contribution in [3.8, 4) is 11.4 Å². The smallest absolute Gasteiger partial charge is 0.255 e. The van der Waals surface area contributed by atoms with Gasteiger partial charge in [-0.05, 0) is 18.9 Å². The van der Waals surface area contributed by atoms with Gasteiger partial charge in [-0.2, -0.15) is 4.98 Å². The van der Waals surface area contributed by atoms with Crippen LogP contribution < -0.4 is 16.2 Å². The number of halogens is 1. The molecule has 1 aliphatic rings. The molecule has 30 heavy (non-hydrogen) atoms. The van der Waals surface area contributed by atoms with E-state index in [0.29, 0.717) is 61.5 Å². The number of benzene rings is 1. The molecule has 0 radical (unpaired) electrons. The van der Waals surface area contributed by atoms with Crippen molar-refractivity contribution < 1.29 is 9.26 Å². The summed E-state index contributed by atoms with van der Waals surface area (Å²) >= 11 is 0. The molecule has 0 spiro atoms. The van der Waals surface area contributed by atoms with Gasteiger partial charge in [-0.1, -0.05) is 29.4 Å². The molecule has 9 nitrogen and oxygen atoms in total. The summed E-state index contributed by atoms with van der Waals surface area (Å²) in [5, 5.41) is 4.04. The van der Waals surface area contributed by atoms with E-state index >= 15 is 0 Å². The summed E-state index contributed by atoms with van der Waals surface area (Å²) in [6, 6.07) is 7.71. The zero-order chi connectivity index (χ0) is 20.2. The van der Waals surface area contributed by atoms with Crippen molar-refractivity contribution in [1.29, 1.82) is 0 Å². The Kier molecular flexibility index (Phi) is 7.20. The van der Waals surface area contributed by atoms with E-state index in [-0.39, 0.29) is 18.0 Å². The molecule has 1 aliphatic heterocycles. The molecule has 160 valence electrons. The maximum absolute atomic E-state index is 12.6. The molecular weight excluding hydrogens is 408 g/mol. The SMILES string of the molecule is Cc1nc(N2CCOCC2)[nH]c(=O)c1CCc1nc(-c2ccc(CN)cc2)no1.Cl. The lowest BCUT2D eigenvalue weighted by Gasteiger charge is -2.27. The molecule has 2 aromatic heterocycles. The van der Waals surface area contributed by atoms with E-state index < -0.39 is 0 Å². The first kappa shape index (κ1) is 21.9. The molecule has 0 bridgehead atoms. The van der Waals surface area contributed by atoms with Gasteiger partial charge in [-0.25, -0.2) is 4.98 Å². The molecule has 3 heterocycles. The number of rotatable bonds is 6. The van der Waals surface area contributed by atoms with E-state index in [9.17, 15) is 4.79 Å². The number of H-pyrrole nitrogens is 1. The Morgan fingerprint density at radius 1 is 1.13 bits per heavy atom. The average Bonchev–Trinajstić information content (AvgIpc) is 3.23. The van der Waals surface area contributed by atoms with Crippen LogP contribution in [-0.2, 0) is 24.1 Å². The van der Waals surface area contributed by atoms with Gasteiger partial charge in [0.25, 0.3) is 5.56 Å². The van der Waals surface area contributed by atoms with Gasteiger partial charge in [0.2, 0.25) is 17.7 Å². The van der Waals surface area contributed by atoms with Gasteiger partial charge in [-0.15, -0.1) is 12.4 Å². The van der Waals surface area contributed by atoms with Gasteiger partial charge in [0.15, 0.2) is 0 Å². The van der Waals surface area contributed by atoms with Crippen LogP contribution in [0, 0.1) is 6.92 Å². The third kappa shape index (κ3) is 4.86. The fraction of sp³-hybridized carbons (Fsp3) is 0.400. The molecule has 1 fully saturated rings. The second kappa shape index (κ2) is 9.84. The highest BCUT2D eigenvalue weighted by molar-refractivity contribution is 5.85. The van der Waals surface area contributed by atoms with E-state index in [1.165, 1.54) is 0 Å². The van der Waals surface area contributed by atoms with E-state index in [2.05, 4.69) is 20.1 Å². The molecule has 3 aromatic rings. The van der Waals surface area contributed by atoms with Crippen LogP contribution in [0.25, 0.3) is 11.4 Å². The minimum atomic E-state index is -0.129. The molecule has 10 heteroatoms. The second-order valence-corrected chi connectivity index (χ2v) is 6.97. The second-order valence-electron chi connectivity index (χ2n) is 6.97. The number of nitrogens with one attached hydrogen (secondary N) is 1. The molecule has 1 saturated heterocycles. The van der Waals surface area contributed by atoms with Crippen LogP contribution in [0.3, 0.4) is 0 Å². The van der Waals surface area contributed by atoms with Crippen molar-refractivity contribution in [3.63, 3.8) is 0 Å². The first-order chi connectivity index (χ1) is 14.1. The molecule has 4 rings (SSSR count). The van der Waals surface area contributed by atoms with Crippen LogP contribution in [0.4, 0.5) is 5.95 Å². The van der Waals surface area contributed by atoms with Crippen molar-refractivity contribution in [3.05, 3.63) is 57.3 Å². The topological polar surface area (TPSA) is 123 Å². The summed E-state index contributed by atoms with van der Waals surface area (Å²) < 4.78 is 10.7.